The maximum atomic E-state index is 12.6. The number of nitrogens with two attached hydrogens (primary N) is 1. The minimum Gasteiger partial charge on any atom is -0.364 e. The molecule has 0 radical (unpaired) electrons. The van der Waals surface area contributed by atoms with E-state index in [-0.39, 0.29) is 12.2 Å². The van der Waals surface area contributed by atoms with Crippen LogP contribution in [-0.2, 0) is 17.7 Å². The normalized spacial score (nSPS) is 19.5. The summed E-state index contributed by atoms with van der Waals surface area (Å²) >= 11 is 0. The molecular weight excluding hydrogens is 388 g/mol. The van der Waals surface area contributed by atoms with Crippen molar-refractivity contribution < 1.29 is 9.53 Å². The topological polar surface area (TPSA) is 73.4 Å². The number of hydrogen-bond donors (Lipinski definition) is 1. The SMILES string of the molecule is CN1CCC(OC2c3ccccc3CCn3c2nc(-c2ccccc2)c3C(N)=O)CC1. The predicted molar refractivity (Wildman–Crippen MR) is 120 cm³/mol. The Bertz CT molecular complexity index is 1080. The van der Waals surface area contributed by atoms with E-state index in [1.54, 1.807) is 0 Å². The Morgan fingerprint density at radius 2 is 1.74 bits per heavy atom. The molecule has 31 heavy (non-hydrogen) atoms. The molecule has 2 aliphatic heterocycles. The summed E-state index contributed by atoms with van der Waals surface area (Å²) in [5.74, 6) is 0.318. The number of benzene rings is 2. The van der Waals surface area contributed by atoms with Crippen LogP contribution in [0.25, 0.3) is 11.3 Å². The van der Waals surface area contributed by atoms with Crippen molar-refractivity contribution in [1.82, 2.24) is 14.5 Å². The van der Waals surface area contributed by atoms with E-state index < -0.39 is 5.91 Å². The van der Waals surface area contributed by atoms with Crippen LogP contribution < -0.4 is 5.73 Å². The highest BCUT2D eigenvalue weighted by atomic mass is 16.5. The van der Waals surface area contributed by atoms with Gasteiger partial charge >= 0.3 is 0 Å². The lowest BCUT2D eigenvalue weighted by molar-refractivity contribution is -0.0276. The van der Waals surface area contributed by atoms with Crippen molar-refractivity contribution in [3.63, 3.8) is 0 Å². The molecule has 5 rings (SSSR count). The molecule has 1 atom stereocenters. The molecular formula is C25H28N4O2. The van der Waals surface area contributed by atoms with E-state index >= 15 is 0 Å². The molecule has 3 aromatic rings. The average Bonchev–Trinajstić information content (AvgIpc) is 3.11. The van der Waals surface area contributed by atoms with Gasteiger partial charge < -0.3 is 19.9 Å². The molecule has 6 nitrogen and oxygen atoms in total. The van der Waals surface area contributed by atoms with Crippen LogP contribution in [0.4, 0.5) is 0 Å². The number of likely N-dealkylation sites (tertiary alicyclic amines) is 1. The first-order valence-corrected chi connectivity index (χ1v) is 11.0. The number of aromatic nitrogens is 2. The van der Waals surface area contributed by atoms with Gasteiger partial charge in [0.05, 0.1) is 6.10 Å². The van der Waals surface area contributed by atoms with Gasteiger partial charge in [-0.15, -0.1) is 0 Å². The number of fused-ring (bicyclic) bond motifs is 2. The second-order valence-electron chi connectivity index (χ2n) is 8.52. The molecule has 0 spiro atoms. The maximum Gasteiger partial charge on any atom is 0.267 e. The van der Waals surface area contributed by atoms with Gasteiger partial charge in [0.15, 0.2) is 0 Å². The number of aryl methyl sites for hydroxylation is 1. The fourth-order valence-electron chi connectivity index (χ4n) is 4.78. The van der Waals surface area contributed by atoms with Gasteiger partial charge in [-0.3, -0.25) is 4.79 Å². The Balaban J connectivity index is 1.63. The van der Waals surface area contributed by atoms with Gasteiger partial charge in [0.25, 0.3) is 5.91 Å². The zero-order valence-electron chi connectivity index (χ0n) is 17.8. The van der Waals surface area contributed by atoms with Gasteiger partial charge in [0.1, 0.15) is 23.3 Å². The van der Waals surface area contributed by atoms with Crippen molar-refractivity contribution in [3.05, 3.63) is 77.2 Å². The number of piperidine rings is 1. The van der Waals surface area contributed by atoms with Gasteiger partial charge in [-0.1, -0.05) is 54.6 Å². The lowest BCUT2D eigenvalue weighted by atomic mass is 10.00. The molecule has 0 aliphatic carbocycles. The number of imidazole rings is 1. The first kappa shape index (κ1) is 20.0. The summed E-state index contributed by atoms with van der Waals surface area (Å²) in [6.07, 6.45) is 2.63. The summed E-state index contributed by atoms with van der Waals surface area (Å²) in [5, 5.41) is 0. The summed E-state index contributed by atoms with van der Waals surface area (Å²) in [6.45, 7) is 2.70. The number of carbonyl (C=O) groups excluding carboxylic acids is 1. The molecule has 1 saturated heterocycles. The van der Waals surface area contributed by atoms with Gasteiger partial charge in [0, 0.05) is 25.2 Å². The number of carbonyl (C=O) groups is 1. The van der Waals surface area contributed by atoms with Gasteiger partial charge in [-0.2, -0.15) is 0 Å². The average molecular weight is 417 g/mol. The van der Waals surface area contributed by atoms with Gasteiger partial charge in [-0.25, -0.2) is 4.98 Å². The Hall–Kier alpha value is -2.96. The number of hydrogen-bond acceptors (Lipinski definition) is 4. The summed E-state index contributed by atoms with van der Waals surface area (Å²) in [6, 6.07) is 18.2. The van der Waals surface area contributed by atoms with E-state index in [1.807, 2.05) is 34.9 Å². The molecule has 160 valence electrons. The molecule has 1 amide bonds. The minimum absolute atomic E-state index is 0.162. The highest BCUT2D eigenvalue weighted by Gasteiger charge is 2.34. The third-order valence-corrected chi connectivity index (χ3v) is 6.45. The lowest BCUT2D eigenvalue weighted by Gasteiger charge is -2.32. The summed E-state index contributed by atoms with van der Waals surface area (Å²) in [5.41, 5.74) is 10.2. The van der Waals surface area contributed by atoms with Crippen molar-refractivity contribution in [3.8, 4) is 11.3 Å². The minimum atomic E-state index is -0.457. The number of primary amides is 1. The Morgan fingerprint density at radius 3 is 2.48 bits per heavy atom. The molecule has 2 N–H and O–H groups in total. The molecule has 0 bridgehead atoms. The van der Waals surface area contributed by atoms with E-state index in [0.29, 0.717) is 17.9 Å². The lowest BCUT2D eigenvalue weighted by Crippen LogP contribution is -2.35. The van der Waals surface area contributed by atoms with Crippen LogP contribution in [0.1, 0.15) is 46.4 Å². The molecule has 0 saturated carbocycles. The first-order chi connectivity index (χ1) is 15.1. The van der Waals surface area contributed by atoms with Crippen LogP contribution in [0.3, 0.4) is 0 Å². The molecule has 2 aliphatic rings. The molecule has 6 heteroatoms. The van der Waals surface area contributed by atoms with Crippen molar-refractivity contribution in [2.45, 2.75) is 38.0 Å². The molecule has 2 aromatic carbocycles. The van der Waals surface area contributed by atoms with E-state index in [1.165, 1.54) is 5.56 Å². The maximum absolute atomic E-state index is 12.6. The van der Waals surface area contributed by atoms with Gasteiger partial charge in [0.2, 0.25) is 0 Å². The highest BCUT2D eigenvalue weighted by molar-refractivity contribution is 5.97. The van der Waals surface area contributed by atoms with Crippen LogP contribution in [-0.4, -0.2) is 46.6 Å². The van der Waals surface area contributed by atoms with Crippen LogP contribution in [0.5, 0.6) is 0 Å². The van der Waals surface area contributed by atoms with Crippen molar-refractivity contribution in [2.75, 3.05) is 20.1 Å². The van der Waals surface area contributed by atoms with Crippen LogP contribution in [0, 0.1) is 0 Å². The standard InChI is InChI=1S/C25H28N4O2/c1-28-14-12-19(13-15-28)31-23-20-10-6-5-7-17(20)11-16-29-22(24(26)30)21(27-25(23)29)18-8-3-2-4-9-18/h2-10,19,23H,11-16H2,1H3,(H2,26,30). The van der Waals surface area contributed by atoms with Crippen LogP contribution in [0.2, 0.25) is 0 Å². The predicted octanol–water partition coefficient (Wildman–Crippen LogP) is 3.41. The van der Waals surface area contributed by atoms with E-state index in [9.17, 15) is 4.79 Å². The fraction of sp³-hybridized carbons (Fsp3) is 0.360. The summed E-state index contributed by atoms with van der Waals surface area (Å²) in [4.78, 5) is 19.9. The van der Waals surface area contributed by atoms with Gasteiger partial charge in [-0.05, 0) is 37.4 Å². The first-order valence-electron chi connectivity index (χ1n) is 11.0. The molecule has 1 aromatic heterocycles. The summed E-state index contributed by atoms with van der Waals surface area (Å²) in [7, 11) is 2.15. The zero-order valence-corrected chi connectivity index (χ0v) is 17.8. The van der Waals surface area contributed by atoms with E-state index in [0.717, 1.165) is 49.3 Å². The Kier molecular flexibility index (Phi) is 5.34. The van der Waals surface area contributed by atoms with Crippen molar-refractivity contribution in [2.24, 2.45) is 5.73 Å². The molecule has 1 fully saturated rings. The largest absolute Gasteiger partial charge is 0.364 e. The van der Waals surface area contributed by atoms with Crippen LogP contribution in [0.15, 0.2) is 54.6 Å². The number of rotatable bonds is 4. The van der Waals surface area contributed by atoms with E-state index in [2.05, 4.69) is 36.2 Å². The third kappa shape index (κ3) is 3.77. The fourth-order valence-corrected chi connectivity index (χ4v) is 4.78. The second kappa shape index (κ2) is 8.29. The van der Waals surface area contributed by atoms with Crippen molar-refractivity contribution >= 4 is 5.91 Å². The monoisotopic (exact) mass is 416 g/mol. The Morgan fingerprint density at radius 1 is 1.03 bits per heavy atom. The number of amides is 1. The second-order valence-corrected chi connectivity index (χ2v) is 8.52. The highest BCUT2D eigenvalue weighted by Crippen LogP contribution is 2.37. The summed E-state index contributed by atoms with van der Waals surface area (Å²) < 4.78 is 8.73. The Labute approximate surface area is 182 Å². The number of ether oxygens (including phenoxy) is 1. The molecule has 1 unspecified atom stereocenters. The molecule has 3 heterocycles. The van der Waals surface area contributed by atoms with E-state index in [4.69, 9.17) is 15.5 Å². The third-order valence-electron chi connectivity index (χ3n) is 6.45. The van der Waals surface area contributed by atoms with Crippen molar-refractivity contribution in [1.29, 1.82) is 0 Å². The quantitative estimate of drug-likeness (QED) is 0.707. The zero-order chi connectivity index (χ0) is 21.4. The smallest absolute Gasteiger partial charge is 0.267 e. The number of nitrogens with zero attached hydrogens (tertiary/aromatic N) is 3. The van der Waals surface area contributed by atoms with Crippen LogP contribution >= 0.6 is 0 Å².